The Hall–Kier alpha value is -1.36. The topological polar surface area (TPSA) is 48.2 Å². The molecule has 2 aromatic rings. The molecular weight excluding hydrogens is 296 g/mol. The van der Waals surface area contributed by atoms with Crippen molar-refractivity contribution in [2.24, 2.45) is 0 Å². The Morgan fingerprint density at radius 2 is 2.17 bits per heavy atom. The van der Waals surface area contributed by atoms with Crippen LogP contribution in [0.15, 0.2) is 27.2 Å². The molecule has 1 heterocycles. The van der Waals surface area contributed by atoms with Crippen molar-refractivity contribution < 1.29 is 9.26 Å². The van der Waals surface area contributed by atoms with Crippen molar-refractivity contribution in [2.75, 3.05) is 0 Å². The third-order valence-electron chi connectivity index (χ3n) is 2.47. The number of hydrogen-bond acceptors (Lipinski definition) is 4. The maximum atomic E-state index is 5.67. The van der Waals surface area contributed by atoms with Crippen molar-refractivity contribution in [3.8, 4) is 5.75 Å². The Bertz CT molecular complexity index is 538. The van der Waals surface area contributed by atoms with Gasteiger partial charge in [-0.05, 0) is 30.7 Å². The first-order valence-corrected chi connectivity index (χ1v) is 6.57. The molecule has 0 atom stereocenters. The van der Waals surface area contributed by atoms with E-state index in [0.29, 0.717) is 18.3 Å². The van der Waals surface area contributed by atoms with E-state index < -0.39 is 0 Å². The first-order valence-electron chi connectivity index (χ1n) is 5.77. The van der Waals surface area contributed by atoms with Gasteiger partial charge in [-0.15, -0.1) is 0 Å². The molecule has 0 saturated carbocycles. The standard InChI is InChI=1S/C13H15BrN2O2/c1-8(2)13-15-12(16-18-13)7-17-11-5-4-10(14)6-9(11)3/h4-6,8H,7H2,1-3H3. The number of halogens is 1. The van der Waals surface area contributed by atoms with Gasteiger partial charge in [-0.2, -0.15) is 4.98 Å². The summed E-state index contributed by atoms with van der Waals surface area (Å²) in [6, 6.07) is 5.87. The maximum absolute atomic E-state index is 5.67. The summed E-state index contributed by atoms with van der Waals surface area (Å²) in [7, 11) is 0. The van der Waals surface area contributed by atoms with Gasteiger partial charge in [0.2, 0.25) is 11.7 Å². The van der Waals surface area contributed by atoms with Crippen molar-refractivity contribution in [1.82, 2.24) is 10.1 Å². The lowest BCUT2D eigenvalue weighted by Gasteiger charge is -2.06. The van der Waals surface area contributed by atoms with E-state index >= 15 is 0 Å². The van der Waals surface area contributed by atoms with Gasteiger partial charge in [0.15, 0.2) is 6.61 Å². The summed E-state index contributed by atoms with van der Waals surface area (Å²) < 4.78 is 11.8. The number of aryl methyl sites for hydroxylation is 1. The highest BCUT2D eigenvalue weighted by Gasteiger charge is 2.10. The van der Waals surface area contributed by atoms with Crippen molar-refractivity contribution in [2.45, 2.75) is 33.3 Å². The molecular formula is C13H15BrN2O2. The molecule has 0 radical (unpaired) electrons. The molecule has 96 valence electrons. The van der Waals surface area contributed by atoms with Gasteiger partial charge in [0, 0.05) is 10.4 Å². The normalized spacial score (nSPS) is 10.9. The molecule has 0 amide bonds. The summed E-state index contributed by atoms with van der Waals surface area (Å²) in [4.78, 5) is 4.26. The average molecular weight is 311 g/mol. The molecule has 0 aliphatic heterocycles. The van der Waals surface area contributed by atoms with Crippen LogP contribution in [0.4, 0.5) is 0 Å². The van der Waals surface area contributed by atoms with Gasteiger partial charge in [0.25, 0.3) is 0 Å². The van der Waals surface area contributed by atoms with E-state index in [2.05, 4.69) is 26.1 Å². The Labute approximate surface area is 114 Å². The Morgan fingerprint density at radius 1 is 1.39 bits per heavy atom. The van der Waals surface area contributed by atoms with E-state index in [1.807, 2.05) is 39.0 Å². The minimum Gasteiger partial charge on any atom is -0.485 e. The summed E-state index contributed by atoms with van der Waals surface area (Å²) in [6.07, 6.45) is 0. The van der Waals surface area contributed by atoms with Crippen LogP contribution in [0.1, 0.15) is 37.0 Å². The molecule has 5 heteroatoms. The highest BCUT2D eigenvalue weighted by molar-refractivity contribution is 9.10. The quantitative estimate of drug-likeness (QED) is 0.860. The number of aromatic nitrogens is 2. The van der Waals surface area contributed by atoms with E-state index in [0.717, 1.165) is 15.8 Å². The second kappa shape index (κ2) is 5.52. The van der Waals surface area contributed by atoms with Gasteiger partial charge < -0.3 is 9.26 Å². The van der Waals surface area contributed by atoms with Crippen LogP contribution in [0.2, 0.25) is 0 Å². The molecule has 0 spiro atoms. The molecule has 0 saturated heterocycles. The van der Waals surface area contributed by atoms with Gasteiger partial charge in [-0.3, -0.25) is 0 Å². The fourth-order valence-corrected chi connectivity index (χ4v) is 1.95. The van der Waals surface area contributed by atoms with Gasteiger partial charge >= 0.3 is 0 Å². The fraction of sp³-hybridized carbons (Fsp3) is 0.385. The molecule has 0 unspecified atom stereocenters. The van der Waals surface area contributed by atoms with Crippen LogP contribution >= 0.6 is 15.9 Å². The van der Waals surface area contributed by atoms with Gasteiger partial charge in [0.05, 0.1) is 0 Å². The lowest BCUT2D eigenvalue weighted by molar-refractivity contribution is 0.282. The first kappa shape index (κ1) is 13.1. The molecule has 0 N–H and O–H groups in total. The van der Waals surface area contributed by atoms with Crippen molar-refractivity contribution >= 4 is 15.9 Å². The number of nitrogens with zero attached hydrogens (tertiary/aromatic N) is 2. The number of hydrogen-bond donors (Lipinski definition) is 0. The molecule has 0 fully saturated rings. The summed E-state index contributed by atoms with van der Waals surface area (Å²) in [5.74, 6) is 2.27. The zero-order valence-corrected chi connectivity index (χ0v) is 12.2. The summed E-state index contributed by atoms with van der Waals surface area (Å²) in [5.41, 5.74) is 1.07. The summed E-state index contributed by atoms with van der Waals surface area (Å²) in [5, 5.41) is 3.88. The second-order valence-electron chi connectivity index (χ2n) is 4.40. The monoisotopic (exact) mass is 310 g/mol. The lowest BCUT2D eigenvalue weighted by Crippen LogP contribution is -1.99. The molecule has 0 bridgehead atoms. The minimum absolute atomic E-state index is 0.237. The van der Waals surface area contributed by atoms with Gasteiger partial charge in [0.1, 0.15) is 5.75 Å². The SMILES string of the molecule is Cc1cc(Br)ccc1OCc1noc(C(C)C)n1. The predicted molar refractivity (Wildman–Crippen MR) is 71.6 cm³/mol. The Balaban J connectivity index is 2.02. The Kier molecular flexibility index (Phi) is 4.01. The minimum atomic E-state index is 0.237. The van der Waals surface area contributed by atoms with E-state index in [-0.39, 0.29) is 5.92 Å². The molecule has 4 nitrogen and oxygen atoms in total. The van der Waals surface area contributed by atoms with E-state index in [9.17, 15) is 0 Å². The Morgan fingerprint density at radius 3 is 2.78 bits per heavy atom. The van der Waals surface area contributed by atoms with E-state index in [4.69, 9.17) is 9.26 Å². The second-order valence-corrected chi connectivity index (χ2v) is 5.32. The van der Waals surface area contributed by atoms with Crippen LogP contribution in [0.3, 0.4) is 0 Å². The number of benzene rings is 1. The van der Waals surface area contributed by atoms with Gasteiger partial charge in [-0.25, -0.2) is 0 Å². The van der Waals surface area contributed by atoms with Gasteiger partial charge in [-0.1, -0.05) is 34.9 Å². The first-order chi connectivity index (χ1) is 8.56. The maximum Gasteiger partial charge on any atom is 0.229 e. The zero-order valence-electron chi connectivity index (χ0n) is 10.6. The largest absolute Gasteiger partial charge is 0.485 e. The number of ether oxygens (including phenoxy) is 1. The molecule has 1 aromatic heterocycles. The van der Waals surface area contributed by atoms with Crippen LogP contribution in [0, 0.1) is 6.92 Å². The van der Waals surface area contributed by atoms with Crippen molar-refractivity contribution in [1.29, 1.82) is 0 Å². The third kappa shape index (κ3) is 3.10. The highest BCUT2D eigenvalue weighted by Crippen LogP contribution is 2.23. The van der Waals surface area contributed by atoms with E-state index in [1.165, 1.54) is 0 Å². The van der Waals surface area contributed by atoms with Crippen molar-refractivity contribution in [3.05, 3.63) is 40.0 Å². The van der Waals surface area contributed by atoms with Crippen LogP contribution in [0.5, 0.6) is 5.75 Å². The molecule has 2 rings (SSSR count). The molecule has 0 aliphatic carbocycles. The highest BCUT2D eigenvalue weighted by atomic mass is 79.9. The summed E-state index contributed by atoms with van der Waals surface area (Å²) in [6.45, 7) is 6.34. The lowest BCUT2D eigenvalue weighted by atomic mass is 10.2. The fourth-order valence-electron chi connectivity index (χ4n) is 1.48. The van der Waals surface area contributed by atoms with Crippen LogP contribution in [0.25, 0.3) is 0 Å². The predicted octanol–water partition coefficient (Wildman–Crippen LogP) is 3.84. The summed E-state index contributed by atoms with van der Waals surface area (Å²) >= 11 is 3.42. The molecule has 0 aliphatic rings. The van der Waals surface area contributed by atoms with Crippen LogP contribution in [-0.2, 0) is 6.61 Å². The van der Waals surface area contributed by atoms with Crippen LogP contribution in [-0.4, -0.2) is 10.1 Å². The molecule has 18 heavy (non-hydrogen) atoms. The van der Waals surface area contributed by atoms with Crippen LogP contribution < -0.4 is 4.74 Å². The smallest absolute Gasteiger partial charge is 0.229 e. The molecule has 1 aromatic carbocycles. The van der Waals surface area contributed by atoms with E-state index in [1.54, 1.807) is 0 Å². The number of rotatable bonds is 4. The third-order valence-corrected chi connectivity index (χ3v) is 2.96. The zero-order chi connectivity index (χ0) is 13.1. The van der Waals surface area contributed by atoms with Crippen molar-refractivity contribution in [3.63, 3.8) is 0 Å². The average Bonchev–Trinajstić information content (AvgIpc) is 2.76.